The van der Waals surface area contributed by atoms with Crippen molar-refractivity contribution in [3.63, 3.8) is 0 Å². The summed E-state index contributed by atoms with van der Waals surface area (Å²) in [5.41, 5.74) is 13.3. The summed E-state index contributed by atoms with van der Waals surface area (Å²) in [5.74, 6) is -0.0779. The summed E-state index contributed by atoms with van der Waals surface area (Å²) in [6.45, 7) is 2.44. The largest absolute Gasteiger partial charge is 0.367 e. The molecular formula is C16H20N6OS. The van der Waals surface area contributed by atoms with Crippen LogP contribution in [0.15, 0.2) is 36.5 Å². The van der Waals surface area contributed by atoms with E-state index in [1.165, 1.54) is 6.20 Å². The number of amides is 1. The summed E-state index contributed by atoms with van der Waals surface area (Å²) < 4.78 is 0. The molecule has 2 aromatic heterocycles. The van der Waals surface area contributed by atoms with E-state index in [1.54, 1.807) is 0 Å². The van der Waals surface area contributed by atoms with E-state index in [-0.39, 0.29) is 25.2 Å². The molecule has 1 amide bonds. The lowest BCUT2D eigenvalue weighted by atomic mass is 10.2. The Morgan fingerprint density at radius 1 is 1.38 bits per heavy atom. The molecule has 0 spiro atoms. The molecule has 0 aliphatic carbocycles. The number of nitrogens with two attached hydrogens (primary N) is 2. The summed E-state index contributed by atoms with van der Waals surface area (Å²) in [6.07, 6.45) is 1.48. The van der Waals surface area contributed by atoms with Crippen LogP contribution in [0.5, 0.6) is 0 Å². The van der Waals surface area contributed by atoms with Gasteiger partial charge >= 0.3 is 0 Å². The molecule has 3 rings (SSSR count). The van der Waals surface area contributed by atoms with E-state index in [4.69, 9.17) is 11.5 Å². The van der Waals surface area contributed by atoms with E-state index in [0.29, 0.717) is 23.8 Å². The molecule has 0 fully saturated rings. The quantitative estimate of drug-likeness (QED) is 0.560. The number of carbonyl (C=O) groups excluding carboxylic acids is 1. The highest BCUT2D eigenvalue weighted by Crippen LogP contribution is 2.25. The number of anilines is 1. The van der Waals surface area contributed by atoms with Crippen LogP contribution in [-0.2, 0) is 0 Å². The summed E-state index contributed by atoms with van der Waals surface area (Å²) in [7, 11) is 0. The Labute approximate surface area is 146 Å². The molecule has 6 N–H and O–H groups in total. The maximum absolute atomic E-state index is 11.7. The van der Waals surface area contributed by atoms with Crippen LogP contribution in [-0.4, -0.2) is 33.4 Å². The normalized spacial score (nSPS) is 11.8. The monoisotopic (exact) mass is 344 g/mol. The summed E-state index contributed by atoms with van der Waals surface area (Å²) >= 11 is 0. The van der Waals surface area contributed by atoms with Crippen LogP contribution in [0.3, 0.4) is 0 Å². The van der Waals surface area contributed by atoms with Crippen LogP contribution in [0, 0.1) is 0 Å². The zero-order valence-corrected chi connectivity index (χ0v) is 14.2. The molecule has 0 unspecified atom stereocenters. The second-order valence-electron chi connectivity index (χ2n) is 5.45. The molecule has 0 bridgehead atoms. The third-order valence-corrected chi connectivity index (χ3v) is 3.40. The van der Waals surface area contributed by atoms with Gasteiger partial charge in [-0.15, -0.1) is 0 Å². The molecule has 7 nitrogen and oxygen atoms in total. The number of nitrogens with zero attached hydrogens (tertiary/aromatic N) is 2. The lowest BCUT2D eigenvalue weighted by Gasteiger charge is -2.10. The first-order chi connectivity index (χ1) is 11.0. The first-order valence-corrected chi connectivity index (χ1v) is 7.29. The first-order valence-electron chi connectivity index (χ1n) is 7.29. The topological polar surface area (TPSA) is 123 Å². The van der Waals surface area contributed by atoms with Gasteiger partial charge in [-0.3, -0.25) is 4.79 Å². The maximum atomic E-state index is 11.7. The minimum atomic E-state index is -0.620. The highest BCUT2D eigenvalue weighted by molar-refractivity contribution is 7.59. The molecule has 0 aliphatic rings. The number of para-hydroxylation sites is 1. The zero-order chi connectivity index (χ0) is 16.4. The van der Waals surface area contributed by atoms with Gasteiger partial charge in [0.15, 0.2) is 5.69 Å². The number of nitrogens with one attached hydrogen (secondary N) is 2. The minimum absolute atomic E-state index is 0. The molecule has 2 heterocycles. The van der Waals surface area contributed by atoms with E-state index in [0.717, 1.165) is 10.9 Å². The van der Waals surface area contributed by atoms with E-state index in [1.807, 2.05) is 37.3 Å². The van der Waals surface area contributed by atoms with Gasteiger partial charge in [-0.05, 0) is 19.1 Å². The number of primary amides is 1. The van der Waals surface area contributed by atoms with Crippen LogP contribution in [0.25, 0.3) is 22.3 Å². The van der Waals surface area contributed by atoms with Crippen molar-refractivity contribution in [1.82, 2.24) is 15.0 Å². The van der Waals surface area contributed by atoms with Gasteiger partial charge in [0.2, 0.25) is 0 Å². The second-order valence-corrected chi connectivity index (χ2v) is 5.45. The summed E-state index contributed by atoms with van der Waals surface area (Å²) in [5, 5.41) is 4.11. The van der Waals surface area contributed by atoms with Gasteiger partial charge in [0.1, 0.15) is 11.5 Å². The van der Waals surface area contributed by atoms with Crippen molar-refractivity contribution in [3.8, 4) is 11.4 Å². The lowest BCUT2D eigenvalue weighted by Crippen LogP contribution is -2.26. The number of hydrogen-bond acceptors (Lipinski definition) is 5. The van der Waals surface area contributed by atoms with Crippen molar-refractivity contribution < 1.29 is 4.79 Å². The average Bonchev–Trinajstić information content (AvgIpc) is 2.96. The standard InChI is InChI=1S/C16H18N6O.H2S/c1-9(17)7-19-13-8-20-15(16(18)23)14(22-13)12-6-10-4-2-3-5-11(10)21-12;/h2-6,8-9,21H,7,17H2,1H3,(H2,18,23)(H,19,22);1H2/t9-;/m0./s1. The van der Waals surface area contributed by atoms with Gasteiger partial charge in [-0.25, -0.2) is 9.97 Å². The Bertz CT molecular complexity index is 828. The molecular weight excluding hydrogens is 324 g/mol. The van der Waals surface area contributed by atoms with Crippen LogP contribution in [0.4, 0.5) is 5.82 Å². The fourth-order valence-electron chi connectivity index (χ4n) is 2.31. The predicted octanol–water partition coefficient (Wildman–Crippen LogP) is 1.60. The average molecular weight is 344 g/mol. The Morgan fingerprint density at radius 2 is 2.12 bits per heavy atom. The van der Waals surface area contributed by atoms with E-state index >= 15 is 0 Å². The lowest BCUT2D eigenvalue weighted by molar-refractivity contribution is 0.0996. The van der Waals surface area contributed by atoms with Crippen LogP contribution >= 0.6 is 13.5 Å². The third-order valence-electron chi connectivity index (χ3n) is 3.40. The SMILES string of the molecule is C[C@H](N)CNc1cnc(C(N)=O)c(-c2cc3ccccc3[nH]2)n1.S. The van der Waals surface area contributed by atoms with Crippen molar-refractivity contribution in [1.29, 1.82) is 0 Å². The van der Waals surface area contributed by atoms with E-state index < -0.39 is 5.91 Å². The number of carbonyl (C=O) groups is 1. The summed E-state index contributed by atoms with van der Waals surface area (Å²) in [4.78, 5) is 23.5. The molecule has 24 heavy (non-hydrogen) atoms. The fraction of sp³-hybridized carbons (Fsp3) is 0.188. The van der Waals surface area contributed by atoms with Gasteiger partial charge in [0.25, 0.3) is 5.91 Å². The Kier molecular flexibility index (Phi) is 5.42. The minimum Gasteiger partial charge on any atom is -0.367 e. The van der Waals surface area contributed by atoms with Crippen molar-refractivity contribution in [2.24, 2.45) is 11.5 Å². The Hall–Kier alpha value is -2.58. The molecule has 0 saturated carbocycles. The number of rotatable bonds is 5. The smallest absolute Gasteiger partial charge is 0.269 e. The molecule has 1 atom stereocenters. The molecule has 0 aliphatic heterocycles. The Morgan fingerprint density at radius 3 is 2.79 bits per heavy atom. The van der Waals surface area contributed by atoms with Crippen molar-refractivity contribution >= 4 is 36.1 Å². The second kappa shape index (κ2) is 7.33. The van der Waals surface area contributed by atoms with Gasteiger partial charge in [0, 0.05) is 23.5 Å². The van der Waals surface area contributed by atoms with Crippen molar-refractivity contribution in [2.75, 3.05) is 11.9 Å². The molecule has 8 heteroatoms. The molecule has 0 saturated heterocycles. The van der Waals surface area contributed by atoms with Gasteiger partial charge in [0.05, 0.1) is 11.9 Å². The fourth-order valence-corrected chi connectivity index (χ4v) is 2.31. The van der Waals surface area contributed by atoms with E-state index in [2.05, 4.69) is 20.3 Å². The van der Waals surface area contributed by atoms with Crippen molar-refractivity contribution in [2.45, 2.75) is 13.0 Å². The van der Waals surface area contributed by atoms with Crippen LogP contribution in [0.2, 0.25) is 0 Å². The Balaban J connectivity index is 0.00000208. The van der Waals surface area contributed by atoms with Gasteiger partial charge in [-0.2, -0.15) is 13.5 Å². The molecule has 3 aromatic rings. The van der Waals surface area contributed by atoms with Crippen LogP contribution in [0.1, 0.15) is 17.4 Å². The van der Waals surface area contributed by atoms with Gasteiger partial charge in [-0.1, -0.05) is 18.2 Å². The number of hydrogen-bond donors (Lipinski definition) is 4. The van der Waals surface area contributed by atoms with Crippen LogP contribution < -0.4 is 16.8 Å². The maximum Gasteiger partial charge on any atom is 0.269 e. The van der Waals surface area contributed by atoms with Gasteiger partial charge < -0.3 is 21.8 Å². The number of fused-ring (bicyclic) bond motifs is 1. The molecule has 0 radical (unpaired) electrons. The van der Waals surface area contributed by atoms with Crippen molar-refractivity contribution in [3.05, 3.63) is 42.2 Å². The highest BCUT2D eigenvalue weighted by Gasteiger charge is 2.16. The van der Waals surface area contributed by atoms with E-state index in [9.17, 15) is 4.79 Å². The predicted molar refractivity (Wildman–Crippen MR) is 100 cm³/mol. The number of H-pyrrole nitrogens is 1. The summed E-state index contributed by atoms with van der Waals surface area (Å²) in [6, 6.07) is 9.70. The number of aromatic nitrogens is 3. The molecule has 1 aromatic carbocycles. The molecule has 126 valence electrons. The zero-order valence-electron chi connectivity index (χ0n) is 13.2. The third kappa shape index (κ3) is 3.66. The first kappa shape index (κ1) is 17.8. The number of aromatic amines is 1. The highest BCUT2D eigenvalue weighted by atomic mass is 32.1. The number of benzene rings is 1.